The van der Waals surface area contributed by atoms with Crippen LogP contribution in [0.3, 0.4) is 0 Å². The average Bonchev–Trinajstić information content (AvgIpc) is 3.08. The molecule has 5 nitrogen and oxygen atoms in total. The summed E-state index contributed by atoms with van der Waals surface area (Å²) in [6, 6.07) is 7.89. The number of amides is 1. The van der Waals surface area contributed by atoms with Crippen LogP contribution in [0.4, 0.5) is 0 Å². The van der Waals surface area contributed by atoms with Crippen molar-refractivity contribution in [2.24, 2.45) is 0 Å². The molecule has 0 unspecified atom stereocenters. The fraction of sp³-hybridized carbons (Fsp3) is 0.471. The van der Waals surface area contributed by atoms with E-state index in [9.17, 15) is 4.79 Å². The van der Waals surface area contributed by atoms with Gasteiger partial charge in [0.05, 0.1) is 11.4 Å². The van der Waals surface area contributed by atoms with Gasteiger partial charge in [0.15, 0.2) is 5.16 Å². The quantitative estimate of drug-likeness (QED) is 0.757. The Balaban J connectivity index is 1.63. The molecule has 1 fully saturated rings. The highest BCUT2D eigenvalue weighted by molar-refractivity contribution is 7.99. The van der Waals surface area contributed by atoms with Crippen LogP contribution in [0.15, 0.2) is 35.7 Å². The summed E-state index contributed by atoms with van der Waals surface area (Å²) in [5.41, 5.74) is 0.892. The Morgan fingerprint density at radius 2 is 2.17 bits per heavy atom. The van der Waals surface area contributed by atoms with E-state index in [-0.39, 0.29) is 5.91 Å². The second-order valence-corrected chi connectivity index (χ2v) is 7.43. The van der Waals surface area contributed by atoms with Crippen molar-refractivity contribution in [2.45, 2.75) is 43.3 Å². The first kappa shape index (κ1) is 17.3. The van der Waals surface area contributed by atoms with E-state index in [4.69, 9.17) is 11.6 Å². The number of thioether (sulfide) groups is 1. The van der Waals surface area contributed by atoms with Gasteiger partial charge in [-0.15, -0.1) is 10.2 Å². The lowest BCUT2D eigenvalue weighted by atomic mass is 9.94. The van der Waals surface area contributed by atoms with Gasteiger partial charge in [0.1, 0.15) is 6.33 Å². The smallest absolute Gasteiger partial charge is 0.233 e. The van der Waals surface area contributed by atoms with Crippen molar-refractivity contribution < 1.29 is 4.79 Å². The highest BCUT2D eigenvalue weighted by Gasteiger charge is 2.22. The third kappa shape index (κ3) is 4.11. The third-order valence-electron chi connectivity index (χ3n) is 4.44. The molecule has 1 aromatic heterocycles. The topological polar surface area (TPSA) is 51.0 Å². The van der Waals surface area contributed by atoms with Gasteiger partial charge in [-0.2, -0.15) is 0 Å². The molecular weight excluding hydrogens is 344 g/mol. The van der Waals surface area contributed by atoms with E-state index in [1.165, 1.54) is 31.0 Å². The Morgan fingerprint density at radius 3 is 2.92 bits per heavy atom. The minimum atomic E-state index is 0.146. The molecule has 2 aromatic rings. The minimum Gasteiger partial charge on any atom is -0.342 e. The van der Waals surface area contributed by atoms with Gasteiger partial charge < -0.3 is 4.90 Å². The zero-order valence-corrected chi connectivity index (χ0v) is 15.3. The second kappa shape index (κ2) is 8.03. The van der Waals surface area contributed by atoms with E-state index in [1.807, 2.05) is 40.8 Å². The number of carbonyl (C=O) groups is 1. The van der Waals surface area contributed by atoms with Crippen LogP contribution in [-0.4, -0.2) is 44.4 Å². The molecule has 1 saturated carbocycles. The highest BCUT2D eigenvalue weighted by Crippen LogP contribution is 2.24. The van der Waals surface area contributed by atoms with Crippen LogP contribution in [0, 0.1) is 0 Å². The number of nitrogens with zero attached hydrogens (tertiary/aromatic N) is 4. The van der Waals surface area contributed by atoms with E-state index in [0.29, 0.717) is 22.0 Å². The van der Waals surface area contributed by atoms with E-state index >= 15 is 0 Å². The van der Waals surface area contributed by atoms with E-state index in [2.05, 4.69) is 10.2 Å². The van der Waals surface area contributed by atoms with Crippen LogP contribution >= 0.6 is 23.4 Å². The summed E-state index contributed by atoms with van der Waals surface area (Å²) >= 11 is 7.46. The second-order valence-electron chi connectivity index (χ2n) is 6.05. The number of halogens is 1. The van der Waals surface area contributed by atoms with Gasteiger partial charge in [-0.3, -0.25) is 9.36 Å². The molecule has 0 radical (unpaired) electrons. The van der Waals surface area contributed by atoms with Crippen LogP contribution in [0.2, 0.25) is 5.02 Å². The summed E-state index contributed by atoms with van der Waals surface area (Å²) in [6.45, 7) is 0. The van der Waals surface area contributed by atoms with E-state index in [0.717, 1.165) is 18.5 Å². The van der Waals surface area contributed by atoms with Gasteiger partial charge in [0.25, 0.3) is 0 Å². The Labute approximate surface area is 151 Å². The van der Waals surface area contributed by atoms with Gasteiger partial charge in [0, 0.05) is 18.1 Å². The van der Waals surface area contributed by atoms with Crippen molar-refractivity contribution in [3.8, 4) is 5.69 Å². The summed E-state index contributed by atoms with van der Waals surface area (Å²) < 4.78 is 1.85. The van der Waals surface area contributed by atoms with Crippen LogP contribution in [0.1, 0.15) is 32.1 Å². The van der Waals surface area contributed by atoms with E-state index in [1.54, 1.807) is 6.33 Å². The van der Waals surface area contributed by atoms with E-state index < -0.39 is 0 Å². The number of hydrogen-bond acceptors (Lipinski definition) is 4. The molecule has 24 heavy (non-hydrogen) atoms. The van der Waals surface area contributed by atoms with Crippen LogP contribution in [0.25, 0.3) is 5.69 Å². The number of hydrogen-bond donors (Lipinski definition) is 0. The summed E-state index contributed by atoms with van der Waals surface area (Å²) in [7, 11) is 1.92. The zero-order valence-electron chi connectivity index (χ0n) is 13.7. The molecule has 1 aliphatic rings. The third-order valence-corrected chi connectivity index (χ3v) is 5.61. The van der Waals surface area contributed by atoms with Crippen molar-refractivity contribution in [1.29, 1.82) is 0 Å². The fourth-order valence-electron chi connectivity index (χ4n) is 3.03. The molecule has 0 saturated heterocycles. The average molecular weight is 365 g/mol. The Morgan fingerprint density at radius 1 is 1.38 bits per heavy atom. The standard InChI is InChI=1S/C17H21ClN4OS/c1-21(14-7-3-2-4-8-14)16(23)11-24-17-20-19-12-22(17)15-9-5-6-13(18)10-15/h5-6,9-10,12,14H,2-4,7-8,11H2,1H3. The molecule has 0 atom stereocenters. The molecule has 0 N–H and O–H groups in total. The first-order chi connectivity index (χ1) is 11.6. The Bertz CT molecular complexity index is 699. The normalized spacial score (nSPS) is 15.4. The lowest BCUT2D eigenvalue weighted by Gasteiger charge is -2.31. The van der Waals surface area contributed by atoms with Crippen LogP contribution < -0.4 is 0 Å². The fourth-order valence-corrected chi connectivity index (χ4v) is 4.06. The predicted molar refractivity (Wildman–Crippen MR) is 96.7 cm³/mol. The number of aromatic nitrogens is 3. The minimum absolute atomic E-state index is 0.146. The number of rotatable bonds is 5. The zero-order chi connectivity index (χ0) is 16.9. The first-order valence-corrected chi connectivity index (χ1v) is 9.56. The molecule has 3 rings (SSSR count). The summed E-state index contributed by atoms with van der Waals surface area (Å²) in [4.78, 5) is 14.4. The van der Waals surface area contributed by atoms with Gasteiger partial charge in [0.2, 0.25) is 5.91 Å². The van der Waals surface area contributed by atoms with Gasteiger partial charge in [-0.05, 0) is 31.0 Å². The predicted octanol–water partition coefficient (Wildman–Crippen LogP) is 3.80. The lowest BCUT2D eigenvalue weighted by Crippen LogP contribution is -2.39. The van der Waals surface area contributed by atoms with Gasteiger partial charge in [-0.1, -0.05) is 48.7 Å². The number of benzene rings is 1. The molecule has 1 amide bonds. The maximum Gasteiger partial charge on any atom is 0.233 e. The molecule has 1 heterocycles. The largest absolute Gasteiger partial charge is 0.342 e. The van der Waals surface area contributed by atoms with Crippen molar-refractivity contribution >= 4 is 29.3 Å². The number of carbonyl (C=O) groups excluding carboxylic acids is 1. The molecule has 0 spiro atoms. The molecule has 7 heteroatoms. The Kier molecular flexibility index (Phi) is 5.79. The lowest BCUT2D eigenvalue weighted by molar-refractivity contribution is -0.129. The highest BCUT2D eigenvalue weighted by atomic mass is 35.5. The summed E-state index contributed by atoms with van der Waals surface area (Å²) in [5.74, 6) is 0.513. The molecule has 1 aliphatic carbocycles. The molecule has 0 bridgehead atoms. The van der Waals surface area contributed by atoms with Gasteiger partial charge in [-0.25, -0.2) is 0 Å². The van der Waals surface area contributed by atoms with Crippen LogP contribution in [0.5, 0.6) is 0 Å². The summed E-state index contributed by atoms with van der Waals surface area (Å²) in [5, 5.41) is 9.45. The maximum absolute atomic E-state index is 12.5. The Hall–Kier alpha value is -1.53. The molecular formula is C17H21ClN4OS. The monoisotopic (exact) mass is 364 g/mol. The summed E-state index contributed by atoms with van der Waals surface area (Å²) in [6.07, 6.45) is 7.60. The van der Waals surface area contributed by atoms with Crippen molar-refractivity contribution in [2.75, 3.05) is 12.8 Å². The first-order valence-electron chi connectivity index (χ1n) is 8.19. The molecule has 0 aliphatic heterocycles. The molecule has 1 aromatic carbocycles. The van der Waals surface area contributed by atoms with Crippen LogP contribution in [-0.2, 0) is 4.79 Å². The maximum atomic E-state index is 12.5. The van der Waals surface area contributed by atoms with Crippen molar-refractivity contribution in [1.82, 2.24) is 19.7 Å². The molecule has 128 valence electrons. The van der Waals surface area contributed by atoms with Crippen molar-refractivity contribution in [3.63, 3.8) is 0 Å². The SMILES string of the molecule is CN(C(=O)CSc1nncn1-c1cccc(Cl)c1)C1CCCCC1. The van der Waals surface area contributed by atoms with Gasteiger partial charge >= 0.3 is 0 Å². The van der Waals surface area contributed by atoms with Crippen molar-refractivity contribution in [3.05, 3.63) is 35.6 Å².